The summed E-state index contributed by atoms with van der Waals surface area (Å²) in [7, 11) is 1.70. The zero-order valence-electron chi connectivity index (χ0n) is 11.3. The number of methoxy groups -OCH3 is 1. The lowest BCUT2D eigenvalue weighted by molar-refractivity contribution is 0.104. The Hall–Kier alpha value is -0.320. The van der Waals surface area contributed by atoms with Crippen LogP contribution in [-0.4, -0.2) is 40.0 Å². The molecule has 0 saturated heterocycles. The highest BCUT2D eigenvalue weighted by Gasteiger charge is 2.00. The highest BCUT2D eigenvalue weighted by atomic mass is 35.5. The van der Waals surface area contributed by atoms with E-state index in [-0.39, 0.29) is 0 Å². The summed E-state index contributed by atoms with van der Waals surface area (Å²) >= 11 is 11.9. The first-order valence-electron chi connectivity index (χ1n) is 6.45. The highest BCUT2D eigenvalue weighted by molar-refractivity contribution is 6.35. The largest absolute Gasteiger partial charge is 0.385 e. The van der Waals surface area contributed by atoms with Gasteiger partial charge in [-0.05, 0) is 37.1 Å². The maximum atomic E-state index is 6.09. The SMILES string of the molecule is COCCCOCCNCCc1ccc(Cl)cc1Cl. The summed E-state index contributed by atoms with van der Waals surface area (Å²) in [4.78, 5) is 0. The van der Waals surface area contributed by atoms with Crippen LogP contribution in [0.3, 0.4) is 0 Å². The second-order valence-electron chi connectivity index (χ2n) is 4.19. The fourth-order valence-electron chi connectivity index (χ4n) is 1.62. The Labute approximate surface area is 125 Å². The number of hydrogen-bond donors (Lipinski definition) is 1. The molecular formula is C14H21Cl2NO2. The van der Waals surface area contributed by atoms with Gasteiger partial charge in [-0.2, -0.15) is 0 Å². The van der Waals surface area contributed by atoms with Crippen LogP contribution in [0.25, 0.3) is 0 Å². The molecule has 1 aromatic rings. The Bertz CT molecular complexity index is 361. The Morgan fingerprint density at radius 2 is 1.95 bits per heavy atom. The molecule has 0 bridgehead atoms. The molecule has 0 radical (unpaired) electrons. The van der Waals surface area contributed by atoms with Crippen molar-refractivity contribution in [2.45, 2.75) is 12.8 Å². The number of rotatable bonds is 10. The third kappa shape index (κ3) is 7.75. The van der Waals surface area contributed by atoms with E-state index in [0.717, 1.165) is 56.3 Å². The van der Waals surface area contributed by atoms with E-state index in [2.05, 4.69) is 5.32 Å². The van der Waals surface area contributed by atoms with E-state index < -0.39 is 0 Å². The van der Waals surface area contributed by atoms with Gasteiger partial charge in [-0.3, -0.25) is 0 Å². The predicted octanol–water partition coefficient (Wildman–Crippen LogP) is 3.18. The maximum Gasteiger partial charge on any atom is 0.0590 e. The second kappa shape index (κ2) is 10.5. The number of ether oxygens (including phenoxy) is 2. The number of nitrogens with one attached hydrogen (secondary N) is 1. The molecule has 0 unspecified atom stereocenters. The van der Waals surface area contributed by atoms with Crippen LogP contribution in [0.1, 0.15) is 12.0 Å². The van der Waals surface area contributed by atoms with E-state index in [0.29, 0.717) is 5.02 Å². The van der Waals surface area contributed by atoms with Crippen LogP contribution >= 0.6 is 23.2 Å². The van der Waals surface area contributed by atoms with Gasteiger partial charge >= 0.3 is 0 Å². The van der Waals surface area contributed by atoms with Gasteiger partial charge in [0.25, 0.3) is 0 Å². The van der Waals surface area contributed by atoms with Gasteiger partial charge in [0.15, 0.2) is 0 Å². The topological polar surface area (TPSA) is 30.5 Å². The molecule has 0 aliphatic carbocycles. The molecule has 0 saturated carbocycles. The quantitative estimate of drug-likeness (QED) is 0.674. The standard InChI is InChI=1S/C14H21Cl2NO2/c1-18-8-2-9-19-10-7-17-6-5-12-3-4-13(15)11-14(12)16/h3-4,11,17H,2,5-10H2,1H3. The molecule has 1 aromatic carbocycles. The monoisotopic (exact) mass is 305 g/mol. The van der Waals surface area contributed by atoms with E-state index in [1.54, 1.807) is 13.2 Å². The lowest BCUT2D eigenvalue weighted by Gasteiger charge is -2.07. The first kappa shape index (κ1) is 16.7. The maximum absolute atomic E-state index is 6.09. The molecule has 0 amide bonds. The van der Waals surface area contributed by atoms with E-state index in [4.69, 9.17) is 32.7 Å². The van der Waals surface area contributed by atoms with Gasteiger partial charge in [0.05, 0.1) is 6.61 Å². The summed E-state index contributed by atoms with van der Waals surface area (Å²) in [6, 6.07) is 5.60. The first-order valence-corrected chi connectivity index (χ1v) is 7.21. The van der Waals surface area contributed by atoms with E-state index >= 15 is 0 Å². The summed E-state index contributed by atoms with van der Waals surface area (Å²) in [6.07, 6.45) is 1.83. The van der Waals surface area contributed by atoms with Gasteiger partial charge in [-0.15, -0.1) is 0 Å². The first-order chi connectivity index (χ1) is 9.24. The van der Waals surface area contributed by atoms with Gasteiger partial charge in [-0.1, -0.05) is 29.3 Å². The van der Waals surface area contributed by atoms with E-state index in [9.17, 15) is 0 Å². The lowest BCUT2D eigenvalue weighted by Crippen LogP contribution is -2.22. The van der Waals surface area contributed by atoms with Crippen LogP contribution in [0.15, 0.2) is 18.2 Å². The molecule has 1 rings (SSSR count). The van der Waals surface area contributed by atoms with Gasteiger partial charge in [-0.25, -0.2) is 0 Å². The Balaban J connectivity index is 2.01. The molecule has 1 N–H and O–H groups in total. The third-order valence-corrected chi connectivity index (χ3v) is 3.23. The average Bonchev–Trinajstić information content (AvgIpc) is 2.39. The van der Waals surface area contributed by atoms with Crippen LogP contribution in [0.5, 0.6) is 0 Å². The Morgan fingerprint density at radius 3 is 2.68 bits per heavy atom. The minimum Gasteiger partial charge on any atom is -0.385 e. The minimum atomic E-state index is 0.672. The van der Waals surface area contributed by atoms with E-state index in [1.165, 1.54) is 0 Å². The number of halogens is 2. The summed E-state index contributed by atoms with van der Waals surface area (Å²) in [6.45, 7) is 3.94. The van der Waals surface area contributed by atoms with Crippen LogP contribution < -0.4 is 5.32 Å². The fraction of sp³-hybridized carbons (Fsp3) is 0.571. The van der Waals surface area contributed by atoms with Gasteiger partial charge in [0, 0.05) is 36.9 Å². The number of benzene rings is 1. The smallest absolute Gasteiger partial charge is 0.0590 e. The molecule has 3 nitrogen and oxygen atoms in total. The molecule has 0 heterocycles. The van der Waals surface area contributed by atoms with Gasteiger partial charge in [0.2, 0.25) is 0 Å². The summed E-state index contributed by atoms with van der Waals surface area (Å²) in [5.41, 5.74) is 1.11. The Kier molecular flexibility index (Phi) is 9.22. The van der Waals surface area contributed by atoms with Crippen molar-refractivity contribution in [3.8, 4) is 0 Å². The molecular weight excluding hydrogens is 285 g/mol. The second-order valence-corrected chi connectivity index (χ2v) is 5.04. The normalized spacial score (nSPS) is 10.9. The van der Waals surface area contributed by atoms with Gasteiger partial charge < -0.3 is 14.8 Å². The van der Waals surface area contributed by atoms with Crippen LogP contribution in [0.2, 0.25) is 10.0 Å². The molecule has 0 aliphatic rings. The molecule has 0 atom stereocenters. The summed E-state index contributed by atoms with van der Waals surface area (Å²) < 4.78 is 10.4. The minimum absolute atomic E-state index is 0.672. The lowest BCUT2D eigenvalue weighted by atomic mass is 10.1. The fourth-order valence-corrected chi connectivity index (χ4v) is 2.13. The van der Waals surface area contributed by atoms with Crippen molar-refractivity contribution in [1.82, 2.24) is 5.32 Å². The molecule has 5 heteroatoms. The molecule has 19 heavy (non-hydrogen) atoms. The van der Waals surface area contributed by atoms with Crippen molar-refractivity contribution in [1.29, 1.82) is 0 Å². The zero-order chi connectivity index (χ0) is 13.9. The molecule has 0 spiro atoms. The molecule has 0 aromatic heterocycles. The highest BCUT2D eigenvalue weighted by Crippen LogP contribution is 2.20. The molecule has 108 valence electrons. The van der Waals surface area contributed by atoms with Crippen molar-refractivity contribution in [2.75, 3.05) is 40.0 Å². The number of hydrogen-bond acceptors (Lipinski definition) is 3. The van der Waals surface area contributed by atoms with Crippen molar-refractivity contribution >= 4 is 23.2 Å². The van der Waals surface area contributed by atoms with Crippen LogP contribution in [0.4, 0.5) is 0 Å². The van der Waals surface area contributed by atoms with Crippen molar-refractivity contribution in [3.05, 3.63) is 33.8 Å². The van der Waals surface area contributed by atoms with Crippen molar-refractivity contribution in [2.24, 2.45) is 0 Å². The third-order valence-electron chi connectivity index (χ3n) is 2.65. The zero-order valence-corrected chi connectivity index (χ0v) is 12.8. The molecule has 0 fully saturated rings. The van der Waals surface area contributed by atoms with Crippen LogP contribution in [-0.2, 0) is 15.9 Å². The Morgan fingerprint density at radius 1 is 1.11 bits per heavy atom. The van der Waals surface area contributed by atoms with E-state index in [1.807, 2.05) is 12.1 Å². The predicted molar refractivity (Wildman–Crippen MR) is 80.3 cm³/mol. The van der Waals surface area contributed by atoms with Crippen LogP contribution in [0, 0.1) is 0 Å². The summed E-state index contributed by atoms with van der Waals surface area (Å²) in [5, 5.41) is 4.72. The molecule has 0 aliphatic heterocycles. The van der Waals surface area contributed by atoms with Crippen molar-refractivity contribution < 1.29 is 9.47 Å². The van der Waals surface area contributed by atoms with Crippen molar-refractivity contribution in [3.63, 3.8) is 0 Å². The average molecular weight is 306 g/mol. The summed E-state index contributed by atoms with van der Waals surface area (Å²) in [5.74, 6) is 0. The van der Waals surface area contributed by atoms with Gasteiger partial charge in [0.1, 0.15) is 0 Å².